The zero-order valence-electron chi connectivity index (χ0n) is 10.6. The first-order valence-corrected chi connectivity index (χ1v) is 7.98. The smallest absolute Gasteiger partial charge is 0.260 e. The second-order valence-corrected chi connectivity index (χ2v) is 6.40. The van der Waals surface area contributed by atoms with E-state index in [0.29, 0.717) is 4.96 Å². The van der Waals surface area contributed by atoms with E-state index in [4.69, 9.17) is 5.84 Å². The number of hydrazine groups is 1. The van der Waals surface area contributed by atoms with Crippen LogP contribution in [0.2, 0.25) is 0 Å². The SMILES string of the molecule is CC(=O)NCCNS(=O)(=O)c1c(NN)nc2sccn12. The molecule has 0 aliphatic heterocycles. The number of hydrogen-bond donors (Lipinski definition) is 4. The van der Waals surface area contributed by atoms with E-state index in [0.717, 1.165) is 0 Å². The van der Waals surface area contributed by atoms with Crippen LogP contribution < -0.4 is 21.3 Å². The van der Waals surface area contributed by atoms with E-state index in [1.165, 1.54) is 22.7 Å². The fourth-order valence-corrected chi connectivity index (χ4v) is 3.65. The molecule has 0 aliphatic rings. The van der Waals surface area contributed by atoms with Gasteiger partial charge in [0.1, 0.15) is 0 Å². The van der Waals surface area contributed by atoms with Crippen molar-refractivity contribution < 1.29 is 13.2 Å². The summed E-state index contributed by atoms with van der Waals surface area (Å²) in [5.41, 5.74) is 2.27. The molecule has 0 atom stereocenters. The van der Waals surface area contributed by atoms with Gasteiger partial charge >= 0.3 is 0 Å². The number of nitrogens with one attached hydrogen (secondary N) is 3. The van der Waals surface area contributed by atoms with Crippen molar-refractivity contribution in [1.29, 1.82) is 0 Å². The third-order valence-electron chi connectivity index (χ3n) is 2.40. The predicted octanol–water partition coefficient (Wildman–Crippen LogP) is -0.904. The van der Waals surface area contributed by atoms with Gasteiger partial charge in [-0.2, -0.15) is 4.98 Å². The first kappa shape index (κ1) is 14.7. The van der Waals surface area contributed by atoms with E-state index in [1.54, 1.807) is 11.6 Å². The monoisotopic (exact) mass is 318 g/mol. The Hall–Kier alpha value is -1.69. The van der Waals surface area contributed by atoms with Crippen molar-refractivity contribution in [1.82, 2.24) is 19.4 Å². The topological polar surface area (TPSA) is 131 Å². The molecule has 2 aromatic rings. The molecule has 2 rings (SSSR count). The van der Waals surface area contributed by atoms with Crippen molar-refractivity contribution >= 4 is 38.0 Å². The van der Waals surface area contributed by atoms with Crippen LogP contribution in [0.25, 0.3) is 4.96 Å². The maximum absolute atomic E-state index is 12.3. The van der Waals surface area contributed by atoms with Crippen LogP contribution in [0.4, 0.5) is 5.82 Å². The first-order chi connectivity index (χ1) is 9.45. The Kier molecular flexibility index (Phi) is 4.23. The molecule has 0 fully saturated rings. The van der Waals surface area contributed by atoms with Gasteiger partial charge in [0.25, 0.3) is 10.0 Å². The number of nitrogen functional groups attached to an aromatic ring is 1. The van der Waals surface area contributed by atoms with Gasteiger partial charge in [-0.25, -0.2) is 19.0 Å². The van der Waals surface area contributed by atoms with Crippen molar-refractivity contribution in [2.45, 2.75) is 11.9 Å². The third kappa shape index (κ3) is 2.90. The van der Waals surface area contributed by atoms with Crippen molar-refractivity contribution in [3.05, 3.63) is 11.6 Å². The number of hydrogen-bond acceptors (Lipinski definition) is 7. The average molecular weight is 318 g/mol. The van der Waals surface area contributed by atoms with Crippen LogP contribution in [0.3, 0.4) is 0 Å². The van der Waals surface area contributed by atoms with Gasteiger partial charge in [0.2, 0.25) is 10.9 Å². The Morgan fingerprint density at radius 2 is 2.25 bits per heavy atom. The van der Waals surface area contributed by atoms with E-state index >= 15 is 0 Å². The molecule has 0 spiro atoms. The minimum Gasteiger partial charge on any atom is -0.355 e. The van der Waals surface area contributed by atoms with Crippen LogP contribution in [0, 0.1) is 0 Å². The number of anilines is 1. The minimum atomic E-state index is -3.79. The fraction of sp³-hybridized carbons (Fsp3) is 0.333. The highest BCUT2D eigenvalue weighted by molar-refractivity contribution is 7.89. The maximum Gasteiger partial charge on any atom is 0.260 e. The van der Waals surface area contributed by atoms with Gasteiger partial charge in [-0.05, 0) is 0 Å². The van der Waals surface area contributed by atoms with Gasteiger partial charge in [0, 0.05) is 31.6 Å². The molecule has 20 heavy (non-hydrogen) atoms. The summed E-state index contributed by atoms with van der Waals surface area (Å²) in [6.45, 7) is 1.63. The molecule has 9 nitrogen and oxygen atoms in total. The Morgan fingerprint density at radius 3 is 2.90 bits per heavy atom. The summed E-state index contributed by atoms with van der Waals surface area (Å²) in [5, 5.41) is 4.16. The lowest BCUT2D eigenvalue weighted by molar-refractivity contribution is -0.118. The molecule has 5 N–H and O–H groups in total. The molecule has 11 heteroatoms. The van der Waals surface area contributed by atoms with Gasteiger partial charge < -0.3 is 10.7 Å². The van der Waals surface area contributed by atoms with Gasteiger partial charge in [-0.3, -0.25) is 9.20 Å². The molecule has 2 aromatic heterocycles. The van der Waals surface area contributed by atoms with Crippen molar-refractivity contribution in [2.75, 3.05) is 18.5 Å². The van der Waals surface area contributed by atoms with Crippen LogP contribution in [-0.4, -0.2) is 36.8 Å². The first-order valence-electron chi connectivity index (χ1n) is 5.62. The highest BCUT2D eigenvalue weighted by atomic mass is 32.2. The number of nitrogens with two attached hydrogens (primary N) is 1. The Bertz CT molecular complexity index is 719. The van der Waals surface area contributed by atoms with Crippen LogP contribution in [0.1, 0.15) is 6.92 Å². The molecular formula is C9H14N6O3S2. The van der Waals surface area contributed by atoms with E-state index in [9.17, 15) is 13.2 Å². The highest BCUT2D eigenvalue weighted by Crippen LogP contribution is 2.24. The molecule has 1 amide bonds. The fourth-order valence-electron chi connectivity index (χ4n) is 1.61. The highest BCUT2D eigenvalue weighted by Gasteiger charge is 2.25. The number of fused-ring (bicyclic) bond motifs is 1. The van der Waals surface area contributed by atoms with Crippen LogP contribution >= 0.6 is 11.3 Å². The van der Waals surface area contributed by atoms with Gasteiger partial charge in [0.05, 0.1) is 0 Å². The summed E-state index contributed by atoms with van der Waals surface area (Å²) >= 11 is 1.29. The zero-order valence-corrected chi connectivity index (χ0v) is 12.2. The summed E-state index contributed by atoms with van der Waals surface area (Å²) in [5.74, 6) is 5.14. The molecule has 0 radical (unpaired) electrons. The molecular weight excluding hydrogens is 304 g/mol. The Balaban J connectivity index is 2.22. The van der Waals surface area contributed by atoms with Crippen molar-refractivity contribution in [3.8, 4) is 0 Å². The van der Waals surface area contributed by atoms with Gasteiger partial charge in [-0.15, -0.1) is 11.3 Å². The Morgan fingerprint density at radius 1 is 1.50 bits per heavy atom. The van der Waals surface area contributed by atoms with Crippen LogP contribution in [-0.2, 0) is 14.8 Å². The predicted molar refractivity (Wildman–Crippen MR) is 74.8 cm³/mol. The number of aromatic nitrogens is 2. The number of nitrogens with zero attached hydrogens (tertiary/aromatic N) is 2. The molecule has 110 valence electrons. The lowest BCUT2D eigenvalue weighted by Gasteiger charge is -2.07. The molecule has 0 aliphatic carbocycles. The Labute approximate surface area is 119 Å². The molecule has 2 heterocycles. The summed E-state index contributed by atoms with van der Waals surface area (Å²) in [7, 11) is -3.79. The van der Waals surface area contributed by atoms with E-state index in [2.05, 4.69) is 20.4 Å². The number of sulfonamides is 1. The molecule has 0 unspecified atom stereocenters. The normalized spacial score (nSPS) is 11.7. The van der Waals surface area contributed by atoms with Crippen molar-refractivity contribution in [3.63, 3.8) is 0 Å². The maximum atomic E-state index is 12.3. The van der Waals surface area contributed by atoms with E-state index in [-0.39, 0.29) is 29.8 Å². The number of imidazole rings is 1. The lowest BCUT2D eigenvalue weighted by Crippen LogP contribution is -2.34. The quantitative estimate of drug-likeness (QED) is 0.310. The standard InChI is InChI=1S/C9H14N6O3S2/c1-6(16)11-2-3-12-20(17,18)8-7(14-10)13-9-15(8)4-5-19-9/h4-5,12,14H,2-3,10H2,1H3,(H,11,16). The number of rotatable bonds is 6. The summed E-state index contributed by atoms with van der Waals surface area (Å²) in [6.07, 6.45) is 1.59. The number of carbonyl (C=O) groups is 1. The summed E-state index contributed by atoms with van der Waals surface area (Å²) < 4.78 is 28.3. The molecule has 0 bridgehead atoms. The minimum absolute atomic E-state index is 0.0564. The lowest BCUT2D eigenvalue weighted by atomic mass is 10.6. The number of amides is 1. The molecule has 0 aromatic carbocycles. The van der Waals surface area contributed by atoms with E-state index in [1.807, 2.05) is 0 Å². The molecule has 0 saturated heterocycles. The number of carbonyl (C=O) groups excluding carboxylic acids is 1. The van der Waals surface area contributed by atoms with Crippen molar-refractivity contribution in [2.24, 2.45) is 5.84 Å². The van der Waals surface area contributed by atoms with Crippen LogP contribution in [0.15, 0.2) is 16.6 Å². The third-order valence-corrected chi connectivity index (χ3v) is 4.64. The number of thiazole rings is 1. The van der Waals surface area contributed by atoms with E-state index < -0.39 is 10.0 Å². The average Bonchev–Trinajstić information content (AvgIpc) is 2.93. The second-order valence-electron chi connectivity index (χ2n) is 3.85. The molecule has 0 saturated carbocycles. The van der Waals surface area contributed by atoms with Gasteiger partial charge in [0.15, 0.2) is 10.8 Å². The summed E-state index contributed by atoms with van der Waals surface area (Å²) in [6, 6.07) is 0. The largest absolute Gasteiger partial charge is 0.355 e. The van der Waals surface area contributed by atoms with Gasteiger partial charge in [-0.1, -0.05) is 0 Å². The second kappa shape index (κ2) is 5.75. The summed E-state index contributed by atoms with van der Waals surface area (Å²) in [4.78, 5) is 15.3. The van der Waals surface area contributed by atoms with Crippen LogP contribution in [0.5, 0.6) is 0 Å². The zero-order chi connectivity index (χ0) is 14.8.